The summed E-state index contributed by atoms with van der Waals surface area (Å²) in [5, 5.41) is 1.28. The molecule has 2 aromatic carbocycles. The van der Waals surface area contributed by atoms with Gasteiger partial charge in [-0.25, -0.2) is 4.90 Å². The van der Waals surface area contributed by atoms with Crippen LogP contribution in [0.25, 0.3) is 0 Å². The van der Waals surface area contributed by atoms with E-state index in [0.717, 1.165) is 16.9 Å². The fraction of sp³-hybridized carbons (Fsp3) is 0.304. The summed E-state index contributed by atoms with van der Waals surface area (Å²) < 4.78 is 5.05. The van der Waals surface area contributed by atoms with Gasteiger partial charge in [-0.15, -0.1) is 0 Å². The molecule has 0 aliphatic carbocycles. The maximum atomic E-state index is 13.4. The molecule has 0 aromatic heterocycles. The summed E-state index contributed by atoms with van der Waals surface area (Å²) in [7, 11) is 0. The second kappa shape index (κ2) is 8.52. The van der Waals surface area contributed by atoms with Crippen LogP contribution in [-0.2, 0) is 30.4 Å². The van der Waals surface area contributed by atoms with Gasteiger partial charge in [-0.05, 0) is 41.8 Å². The molecule has 0 spiro atoms. The highest BCUT2D eigenvalue weighted by molar-refractivity contribution is 6.23. The zero-order valence-corrected chi connectivity index (χ0v) is 17.7. The van der Waals surface area contributed by atoms with Gasteiger partial charge >= 0.3 is 5.97 Å². The Labute approximate surface area is 184 Å². The van der Waals surface area contributed by atoms with Crippen molar-refractivity contribution < 1.29 is 28.8 Å². The molecule has 166 valence electrons. The Kier molecular flexibility index (Phi) is 5.77. The number of carbonyl (C=O) groups excluding carboxylic acids is 4. The topological polar surface area (TPSA) is 119 Å². The molecule has 2 N–H and O–H groups in total. The summed E-state index contributed by atoms with van der Waals surface area (Å²) in [6.45, 7) is 3.03. The summed E-state index contributed by atoms with van der Waals surface area (Å²) in [5.74, 6) is -2.53. The number of fused-ring (bicyclic) bond motifs is 1. The molecule has 9 heteroatoms. The number of hydroxylamine groups is 2. The number of rotatable bonds is 6. The van der Waals surface area contributed by atoms with Crippen molar-refractivity contribution in [1.82, 2.24) is 5.06 Å². The van der Waals surface area contributed by atoms with Crippen LogP contribution in [0.1, 0.15) is 31.0 Å². The summed E-state index contributed by atoms with van der Waals surface area (Å²) in [6.07, 6.45) is -0.227. The van der Waals surface area contributed by atoms with Gasteiger partial charge < -0.3 is 10.5 Å². The number of hydrogen-bond donors (Lipinski definition) is 1. The highest BCUT2D eigenvalue weighted by Crippen LogP contribution is 2.45. The number of benzene rings is 2. The SMILES string of the molecule is CCc1ccc(N2C(=O)C3ON(CC(N)=O)C(c4ccc(OC(C)=O)cc4)C3C2=O)cc1. The lowest BCUT2D eigenvalue weighted by atomic mass is 9.90. The molecule has 0 radical (unpaired) electrons. The average molecular weight is 437 g/mol. The van der Waals surface area contributed by atoms with E-state index in [9.17, 15) is 19.2 Å². The van der Waals surface area contributed by atoms with Gasteiger partial charge in [-0.2, -0.15) is 5.06 Å². The van der Waals surface area contributed by atoms with Gasteiger partial charge in [0.05, 0.1) is 17.6 Å². The lowest BCUT2D eigenvalue weighted by Gasteiger charge is -2.26. The van der Waals surface area contributed by atoms with Gasteiger partial charge in [0.1, 0.15) is 12.3 Å². The van der Waals surface area contributed by atoms with Crippen LogP contribution in [0, 0.1) is 5.92 Å². The maximum absolute atomic E-state index is 13.4. The van der Waals surface area contributed by atoms with Crippen LogP contribution in [0.15, 0.2) is 48.5 Å². The Balaban J connectivity index is 1.67. The van der Waals surface area contributed by atoms with Crippen LogP contribution in [0.4, 0.5) is 5.69 Å². The Hall–Kier alpha value is -3.56. The van der Waals surface area contributed by atoms with Crippen molar-refractivity contribution in [3.8, 4) is 5.75 Å². The predicted molar refractivity (Wildman–Crippen MR) is 113 cm³/mol. The largest absolute Gasteiger partial charge is 0.427 e. The first-order valence-corrected chi connectivity index (χ1v) is 10.3. The number of nitrogens with zero attached hydrogens (tertiary/aromatic N) is 2. The molecule has 0 bridgehead atoms. The lowest BCUT2D eigenvalue weighted by molar-refractivity contribution is -0.175. The second-order valence-electron chi connectivity index (χ2n) is 7.73. The normalized spacial score (nSPS) is 22.8. The van der Waals surface area contributed by atoms with E-state index in [1.807, 2.05) is 19.1 Å². The second-order valence-corrected chi connectivity index (χ2v) is 7.73. The molecule has 3 atom stereocenters. The number of imide groups is 1. The van der Waals surface area contributed by atoms with Crippen LogP contribution >= 0.6 is 0 Å². The van der Waals surface area contributed by atoms with Crippen molar-refractivity contribution in [2.24, 2.45) is 11.7 Å². The minimum atomic E-state index is -1.06. The minimum Gasteiger partial charge on any atom is -0.427 e. The predicted octanol–water partition coefficient (Wildman–Crippen LogP) is 1.51. The monoisotopic (exact) mass is 437 g/mol. The summed E-state index contributed by atoms with van der Waals surface area (Å²) >= 11 is 0. The van der Waals surface area contributed by atoms with Crippen LogP contribution in [-0.4, -0.2) is 41.4 Å². The van der Waals surface area contributed by atoms with Gasteiger partial charge in [0.15, 0.2) is 6.10 Å². The molecule has 2 fully saturated rings. The van der Waals surface area contributed by atoms with Crippen molar-refractivity contribution in [3.05, 3.63) is 59.7 Å². The average Bonchev–Trinajstić information content (AvgIpc) is 3.23. The van der Waals surface area contributed by atoms with E-state index in [1.165, 1.54) is 12.0 Å². The van der Waals surface area contributed by atoms with Gasteiger partial charge in [0.25, 0.3) is 5.91 Å². The number of primary amides is 1. The summed E-state index contributed by atoms with van der Waals surface area (Å²) in [5.41, 5.74) is 7.54. The number of amides is 3. The van der Waals surface area contributed by atoms with Crippen LogP contribution in [0.2, 0.25) is 0 Å². The number of aryl methyl sites for hydroxylation is 1. The molecular weight excluding hydrogens is 414 g/mol. The van der Waals surface area contributed by atoms with Crippen molar-refractivity contribution in [2.45, 2.75) is 32.4 Å². The molecule has 2 aliphatic heterocycles. The number of ether oxygens (including phenoxy) is 1. The fourth-order valence-corrected chi connectivity index (χ4v) is 4.17. The van der Waals surface area contributed by atoms with E-state index in [0.29, 0.717) is 17.0 Å². The van der Waals surface area contributed by atoms with Crippen molar-refractivity contribution in [1.29, 1.82) is 0 Å². The number of nitrogens with two attached hydrogens (primary N) is 1. The molecule has 2 saturated heterocycles. The van der Waals surface area contributed by atoms with E-state index in [4.69, 9.17) is 15.3 Å². The molecule has 9 nitrogen and oxygen atoms in total. The lowest BCUT2D eigenvalue weighted by Crippen LogP contribution is -2.40. The van der Waals surface area contributed by atoms with Gasteiger partial charge in [0, 0.05) is 6.92 Å². The fourth-order valence-electron chi connectivity index (χ4n) is 4.17. The molecule has 4 rings (SSSR count). The standard InChI is InChI=1S/C23H23N3O6/c1-3-14-4-8-16(9-5-14)26-22(29)19-20(15-6-10-17(11-7-15)31-13(2)27)25(12-18(24)28)32-21(19)23(26)30/h4-11,19-21H,3,12H2,1-2H3,(H2,24,28). The minimum absolute atomic E-state index is 0.283. The van der Waals surface area contributed by atoms with Gasteiger partial charge in [0.2, 0.25) is 11.8 Å². The number of esters is 1. The maximum Gasteiger partial charge on any atom is 0.308 e. The molecule has 2 aromatic rings. The third kappa shape index (κ3) is 3.88. The van der Waals surface area contributed by atoms with E-state index in [2.05, 4.69) is 0 Å². The number of hydrogen-bond acceptors (Lipinski definition) is 7. The van der Waals surface area contributed by atoms with Crippen molar-refractivity contribution >= 4 is 29.4 Å². The third-order valence-corrected chi connectivity index (χ3v) is 5.59. The molecule has 0 saturated carbocycles. The molecule has 3 amide bonds. The zero-order chi connectivity index (χ0) is 23.0. The van der Waals surface area contributed by atoms with Crippen molar-refractivity contribution in [3.63, 3.8) is 0 Å². The van der Waals surface area contributed by atoms with Crippen molar-refractivity contribution in [2.75, 3.05) is 11.4 Å². The van der Waals surface area contributed by atoms with E-state index >= 15 is 0 Å². The zero-order valence-electron chi connectivity index (χ0n) is 17.7. The van der Waals surface area contributed by atoms with E-state index in [-0.39, 0.29) is 6.54 Å². The molecule has 2 heterocycles. The summed E-state index contributed by atoms with van der Waals surface area (Å²) in [6, 6.07) is 13.0. The number of carbonyl (C=O) groups is 4. The number of anilines is 1. The van der Waals surface area contributed by atoms with Crippen LogP contribution < -0.4 is 15.4 Å². The van der Waals surface area contributed by atoms with E-state index < -0.39 is 41.8 Å². The molecule has 2 aliphatic rings. The Morgan fingerprint density at radius 3 is 2.25 bits per heavy atom. The Bertz CT molecular complexity index is 1070. The van der Waals surface area contributed by atoms with Gasteiger partial charge in [-0.1, -0.05) is 31.2 Å². The molecular formula is C23H23N3O6. The first kappa shape index (κ1) is 21.7. The quantitative estimate of drug-likeness (QED) is 0.413. The summed E-state index contributed by atoms with van der Waals surface area (Å²) in [4.78, 5) is 56.2. The molecule has 32 heavy (non-hydrogen) atoms. The Morgan fingerprint density at radius 1 is 1.03 bits per heavy atom. The first-order chi connectivity index (χ1) is 15.3. The smallest absolute Gasteiger partial charge is 0.308 e. The third-order valence-electron chi connectivity index (χ3n) is 5.59. The van der Waals surface area contributed by atoms with Crippen LogP contribution in [0.3, 0.4) is 0 Å². The van der Waals surface area contributed by atoms with Gasteiger partial charge in [-0.3, -0.25) is 24.0 Å². The van der Waals surface area contributed by atoms with Crippen LogP contribution in [0.5, 0.6) is 5.75 Å². The highest BCUT2D eigenvalue weighted by Gasteiger charge is 2.60. The molecule has 3 unspecified atom stereocenters. The van der Waals surface area contributed by atoms with E-state index in [1.54, 1.807) is 36.4 Å². The highest BCUT2D eigenvalue weighted by atomic mass is 16.7. The Morgan fingerprint density at radius 2 is 1.69 bits per heavy atom. The first-order valence-electron chi connectivity index (χ1n) is 10.3.